The molecule has 1 N–H and O–H groups in total. The van der Waals surface area contributed by atoms with Gasteiger partial charge in [0.2, 0.25) is 5.91 Å². The number of nitrogens with one attached hydrogen (secondary N) is 1. The van der Waals surface area contributed by atoms with Crippen molar-refractivity contribution in [2.75, 3.05) is 0 Å². The van der Waals surface area contributed by atoms with E-state index in [2.05, 4.69) is 15.5 Å². The monoisotopic (exact) mass is 536 g/mol. The van der Waals surface area contributed by atoms with Crippen LogP contribution in [0.25, 0.3) is 22.5 Å². The predicted octanol–water partition coefficient (Wildman–Crippen LogP) is 7.24. The number of rotatable bonds is 6. The van der Waals surface area contributed by atoms with Crippen molar-refractivity contribution < 1.29 is 9.18 Å². The fourth-order valence-electron chi connectivity index (χ4n) is 3.39. The summed E-state index contributed by atoms with van der Waals surface area (Å²) in [7, 11) is 0. The Morgan fingerprint density at radius 3 is 1.85 bits per heavy atom. The number of carbonyl (C=O) groups is 1. The molecule has 0 fully saturated rings. The Hall–Kier alpha value is -2.64. The van der Waals surface area contributed by atoms with Gasteiger partial charge in [-0.05, 0) is 61.0 Å². The van der Waals surface area contributed by atoms with Crippen LogP contribution in [0.1, 0.15) is 18.5 Å². The Balaban J connectivity index is 1.66. The quantitative estimate of drug-likeness (QED) is 0.282. The van der Waals surface area contributed by atoms with E-state index in [1.165, 1.54) is 16.9 Å². The van der Waals surface area contributed by atoms with Gasteiger partial charge in [0.15, 0.2) is 0 Å². The highest BCUT2D eigenvalue weighted by Crippen LogP contribution is 2.38. The molecule has 34 heavy (non-hydrogen) atoms. The zero-order valence-electron chi connectivity index (χ0n) is 17.7. The fraction of sp³-hybridized carbons (Fsp3) is 0.125. The third-order valence-electron chi connectivity index (χ3n) is 5.06. The molecule has 1 heterocycles. The Bertz CT molecular complexity index is 1290. The maximum Gasteiger partial charge on any atom is 0.244 e. The van der Waals surface area contributed by atoms with Crippen molar-refractivity contribution in [3.8, 4) is 22.5 Å². The van der Waals surface area contributed by atoms with Crippen molar-refractivity contribution in [1.82, 2.24) is 20.3 Å². The van der Waals surface area contributed by atoms with E-state index >= 15 is 0 Å². The number of benzene rings is 3. The first kappa shape index (κ1) is 24.5. The molecule has 0 radical (unpaired) electrons. The lowest BCUT2D eigenvalue weighted by Crippen LogP contribution is -2.30. The topological polar surface area (TPSA) is 59.8 Å². The summed E-state index contributed by atoms with van der Waals surface area (Å²) >= 11 is 25.0. The number of hydrogen-bond acceptors (Lipinski definition) is 3. The van der Waals surface area contributed by atoms with Crippen LogP contribution in [0.2, 0.25) is 20.1 Å². The molecule has 3 aromatic carbocycles. The van der Waals surface area contributed by atoms with E-state index in [1.807, 2.05) is 0 Å². The fourth-order valence-corrected chi connectivity index (χ4v) is 4.39. The van der Waals surface area contributed by atoms with Crippen molar-refractivity contribution >= 4 is 52.3 Å². The largest absolute Gasteiger partial charge is 0.348 e. The average Bonchev–Trinajstić information content (AvgIpc) is 3.16. The SMILES string of the molecule is CC(NC(=O)Cn1nc(-c2ccc(Cl)cc2Cl)c(-c2ccc(Cl)cc2Cl)n1)c1ccc(F)cc1. The highest BCUT2D eigenvalue weighted by atomic mass is 35.5. The molecule has 4 aromatic rings. The van der Waals surface area contributed by atoms with Gasteiger partial charge in [-0.25, -0.2) is 4.39 Å². The minimum absolute atomic E-state index is 0.158. The molecule has 5 nitrogen and oxygen atoms in total. The van der Waals surface area contributed by atoms with E-state index in [-0.39, 0.29) is 24.3 Å². The van der Waals surface area contributed by atoms with Crippen LogP contribution in [0.15, 0.2) is 60.7 Å². The van der Waals surface area contributed by atoms with Crippen LogP contribution in [0, 0.1) is 5.82 Å². The molecule has 0 aliphatic heterocycles. The molecular formula is C24H17Cl4FN4O. The van der Waals surface area contributed by atoms with Gasteiger partial charge < -0.3 is 5.32 Å². The average molecular weight is 538 g/mol. The van der Waals surface area contributed by atoms with Gasteiger partial charge in [0.1, 0.15) is 23.7 Å². The summed E-state index contributed by atoms with van der Waals surface area (Å²) in [5.74, 6) is -0.667. The Morgan fingerprint density at radius 1 is 0.882 bits per heavy atom. The summed E-state index contributed by atoms with van der Waals surface area (Å²) in [4.78, 5) is 14.0. The zero-order valence-corrected chi connectivity index (χ0v) is 20.7. The smallest absolute Gasteiger partial charge is 0.244 e. The number of hydrogen-bond donors (Lipinski definition) is 1. The maximum absolute atomic E-state index is 13.2. The molecule has 0 bridgehead atoms. The van der Waals surface area contributed by atoms with Gasteiger partial charge >= 0.3 is 0 Å². The lowest BCUT2D eigenvalue weighted by Gasteiger charge is -2.14. The first-order chi connectivity index (χ1) is 16.2. The van der Waals surface area contributed by atoms with Gasteiger partial charge in [-0.2, -0.15) is 15.0 Å². The van der Waals surface area contributed by atoms with E-state index < -0.39 is 0 Å². The van der Waals surface area contributed by atoms with Crippen molar-refractivity contribution in [1.29, 1.82) is 0 Å². The maximum atomic E-state index is 13.2. The standard InChI is InChI=1S/C24H17Cl4FN4O/c1-13(14-2-6-17(29)7-3-14)30-22(34)12-33-31-23(18-8-4-15(25)10-20(18)27)24(32-33)19-9-5-16(26)11-21(19)28/h2-11,13H,12H2,1H3,(H,30,34). The molecule has 1 atom stereocenters. The van der Waals surface area contributed by atoms with Crippen LogP contribution >= 0.6 is 46.4 Å². The molecule has 1 unspecified atom stereocenters. The third kappa shape index (κ3) is 5.53. The number of nitrogens with zero attached hydrogens (tertiary/aromatic N) is 3. The molecule has 174 valence electrons. The molecule has 4 rings (SSSR count). The van der Waals surface area contributed by atoms with E-state index in [4.69, 9.17) is 46.4 Å². The number of halogens is 5. The van der Waals surface area contributed by atoms with Crippen LogP contribution < -0.4 is 5.32 Å². The first-order valence-corrected chi connectivity index (χ1v) is 11.6. The van der Waals surface area contributed by atoms with Gasteiger partial charge in [-0.1, -0.05) is 58.5 Å². The Morgan fingerprint density at radius 2 is 1.38 bits per heavy atom. The highest BCUT2D eigenvalue weighted by molar-refractivity contribution is 6.37. The van der Waals surface area contributed by atoms with Crippen LogP contribution in [0.3, 0.4) is 0 Å². The first-order valence-electron chi connectivity index (χ1n) is 10.1. The third-order valence-corrected chi connectivity index (χ3v) is 6.16. The second-order valence-corrected chi connectivity index (χ2v) is 9.20. The van der Waals surface area contributed by atoms with Crippen molar-refractivity contribution in [2.45, 2.75) is 19.5 Å². The van der Waals surface area contributed by atoms with E-state index in [0.29, 0.717) is 42.6 Å². The molecule has 0 spiro atoms. The Kier molecular flexibility index (Phi) is 7.43. The predicted molar refractivity (Wildman–Crippen MR) is 134 cm³/mol. The highest BCUT2D eigenvalue weighted by Gasteiger charge is 2.21. The summed E-state index contributed by atoms with van der Waals surface area (Å²) in [5.41, 5.74) is 2.80. The molecule has 10 heteroatoms. The second-order valence-electron chi connectivity index (χ2n) is 7.52. The van der Waals surface area contributed by atoms with Gasteiger partial charge in [0.25, 0.3) is 0 Å². The van der Waals surface area contributed by atoms with E-state index in [1.54, 1.807) is 55.5 Å². The number of carbonyl (C=O) groups excluding carboxylic acids is 1. The van der Waals surface area contributed by atoms with Crippen molar-refractivity contribution in [3.05, 3.63) is 92.1 Å². The second kappa shape index (κ2) is 10.3. The lowest BCUT2D eigenvalue weighted by atomic mass is 10.0. The molecule has 0 saturated carbocycles. The normalized spacial score (nSPS) is 11.9. The summed E-state index contributed by atoms with van der Waals surface area (Å²) in [6.07, 6.45) is 0. The van der Waals surface area contributed by atoms with E-state index in [0.717, 1.165) is 5.56 Å². The summed E-state index contributed by atoms with van der Waals surface area (Å²) < 4.78 is 13.2. The molecule has 1 aromatic heterocycles. The number of amides is 1. The molecule has 0 saturated heterocycles. The van der Waals surface area contributed by atoms with E-state index in [9.17, 15) is 9.18 Å². The summed E-state index contributed by atoms with van der Waals surface area (Å²) in [5, 5.41) is 13.6. The minimum atomic E-state index is -0.343. The Labute approximate surface area is 215 Å². The van der Waals surface area contributed by atoms with Crippen molar-refractivity contribution in [3.63, 3.8) is 0 Å². The molecule has 1 amide bonds. The van der Waals surface area contributed by atoms with Gasteiger partial charge in [-0.3, -0.25) is 4.79 Å². The summed E-state index contributed by atoms with van der Waals surface area (Å²) in [6.45, 7) is 1.65. The molecular weight excluding hydrogens is 521 g/mol. The minimum Gasteiger partial charge on any atom is -0.348 e. The van der Waals surface area contributed by atoms with Gasteiger partial charge in [0.05, 0.1) is 16.1 Å². The molecule has 0 aliphatic rings. The van der Waals surface area contributed by atoms with Gasteiger partial charge in [0, 0.05) is 21.2 Å². The lowest BCUT2D eigenvalue weighted by molar-refractivity contribution is -0.122. The van der Waals surface area contributed by atoms with Crippen LogP contribution in [-0.4, -0.2) is 20.9 Å². The van der Waals surface area contributed by atoms with Crippen LogP contribution in [0.4, 0.5) is 4.39 Å². The van der Waals surface area contributed by atoms with Crippen LogP contribution in [0.5, 0.6) is 0 Å². The molecule has 0 aliphatic carbocycles. The number of aromatic nitrogens is 3. The summed E-state index contributed by atoms with van der Waals surface area (Å²) in [6, 6.07) is 15.6. The van der Waals surface area contributed by atoms with Gasteiger partial charge in [-0.15, -0.1) is 0 Å². The van der Waals surface area contributed by atoms with Crippen molar-refractivity contribution in [2.24, 2.45) is 0 Å². The van der Waals surface area contributed by atoms with Crippen LogP contribution in [-0.2, 0) is 11.3 Å². The zero-order chi connectivity index (χ0) is 24.4.